The molecule has 6 heteroatoms. The van der Waals surface area contributed by atoms with Crippen molar-refractivity contribution in [3.05, 3.63) is 60.2 Å². The summed E-state index contributed by atoms with van der Waals surface area (Å²) in [6.45, 7) is 3.93. The predicted molar refractivity (Wildman–Crippen MR) is 100 cm³/mol. The van der Waals surface area contributed by atoms with Crippen molar-refractivity contribution in [2.75, 3.05) is 5.32 Å². The van der Waals surface area contributed by atoms with Gasteiger partial charge < -0.3 is 0 Å². The molecule has 3 rings (SSSR count). The fraction of sp³-hybridized carbons (Fsp3) is 0.167. The molecule has 2 aromatic carbocycles. The third-order valence-electron chi connectivity index (χ3n) is 3.38. The number of aromatic nitrogens is 2. The number of carbonyl (C=O) groups is 1. The van der Waals surface area contributed by atoms with Gasteiger partial charge in [0.25, 0.3) is 0 Å². The first kappa shape index (κ1) is 16.7. The molecule has 1 aromatic heterocycles. The minimum Gasteiger partial charge on any atom is -0.300 e. The summed E-state index contributed by atoms with van der Waals surface area (Å²) in [7, 11) is 0. The Labute approximate surface area is 149 Å². The lowest BCUT2D eigenvalue weighted by atomic mass is 10.2. The first-order valence-corrected chi connectivity index (χ1v) is 9.24. The Morgan fingerprint density at radius 1 is 1.08 bits per heavy atom. The highest BCUT2D eigenvalue weighted by Crippen LogP contribution is 2.28. The maximum absolute atomic E-state index is 12.3. The van der Waals surface area contributed by atoms with Gasteiger partial charge in [-0.25, -0.2) is 0 Å². The third-order valence-corrected chi connectivity index (χ3v) is 5.38. The molecule has 0 saturated heterocycles. The quantitative estimate of drug-likeness (QED) is 0.678. The van der Waals surface area contributed by atoms with Gasteiger partial charge >= 0.3 is 0 Å². The van der Waals surface area contributed by atoms with Crippen LogP contribution in [0.2, 0.25) is 0 Å². The monoisotopic (exact) mass is 355 g/mol. The highest BCUT2D eigenvalue weighted by Gasteiger charge is 2.16. The Kier molecular flexibility index (Phi) is 5.27. The third kappa shape index (κ3) is 4.21. The number of hydrogen-bond donors (Lipinski definition) is 1. The van der Waals surface area contributed by atoms with Gasteiger partial charge in [-0.15, -0.1) is 22.0 Å². The maximum Gasteiger partial charge on any atom is 0.239 e. The number of aryl methyl sites for hydroxylation is 1. The van der Waals surface area contributed by atoms with E-state index in [1.54, 1.807) is 0 Å². The smallest absolute Gasteiger partial charge is 0.239 e. The number of nitrogens with one attached hydrogen (secondary N) is 1. The van der Waals surface area contributed by atoms with Crippen LogP contribution in [0.25, 0.3) is 10.6 Å². The van der Waals surface area contributed by atoms with E-state index in [1.165, 1.54) is 28.7 Å². The van der Waals surface area contributed by atoms with Crippen LogP contribution in [0.4, 0.5) is 5.13 Å². The average Bonchev–Trinajstić information content (AvgIpc) is 3.05. The Morgan fingerprint density at radius 2 is 1.79 bits per heavy atom. The minimum absolute atomic E-state index is 0.0736. The van der Waals surface area contributed by atoms with Gasteiger partial charge in [0.1, 0.15) is 5.01 Å². The van der Waals surface area contributed by atoms with E-state index in [4.69, 9.17) is 0 Å². The molecule has 0 saturated carbocycles. The number of anilines is 1. The van der Waals surface area contributed by atoms with E-state index >= 15 is 0 Å². The SMILES string of the molecule is Cc1ccc(-c2nnc(NC(=O)C(C)Sc3ccccc3)s2)cc1. The Morgan fingerprint density at radius 3 is 2.50 bits per heavy atom. The molecule has 0 fully saturated rings. The molecule has 0 bridgehead atoms. The minimum atomic E-state index is -0.209. The summed E-state index contributed by atoms with van der Waals surface area (Å²) in [5.41, 5.74) is 2.20. The van der Waals surface area contributed by atoms with Gasteiger partial charge in [-0.2, -0.15) is 0 Å². The summed E-state index contributed by atoms with van der Waals surface area (Å²) < 4.78 is 0. The van der Waals surface area contributed by atoms with Crippen molar-refractivity contribution < 1.29 is 4.79 Å². The molecule has 1 atom stereocenters. The van der Waals surface area contributed by atoms with E-state index < -0.39 is 0 Å². The number of nitrogens with zero attached hydrogens (tertiary/aromatic N) is 2. The summed E-state index contributed by atoms with van der Waals surface area (Å²) in [4.78, 5) is 13.4. The van der Waals surface area contributed by atoms with Crippen LogP contribution in [-0.2, 0) is 4.79 Å². The van der Waals surface area contributed by atoms with E-state index in [0.717, 1.165) is 15.5 Å². The van der Waals surface area contributed by atoms with E-state index in [1.807, 2.05) is 68.4 Å². The predicted octanol–water partition coefficient (Wildman–Crippen LogP) is 4.63. The molecule has 0 spiro atoms. The lowest BCUT2D eigenvalue weighted by molar-refractivity contribution is -0.115. The van der Waals surface area contributed by atoms with Crippen LogP contribution in [0.1, 0.15) is 12.5 Å². The Hall–Kier alpha value is -2.18. The topological polar surface area (TPSA) is 54.9 Å². The highest BCUT2D eigenvalue weighted by atomic mass is 32.2. The van der Waals surface area contributed by atoms with E-state index in [-0.39, 0.29) is 11.2 Å². The zero-order valence-corrected chi connectivity index (χ0v) is 15.0. The lowest BCUT2D eigenvalue weighted by Gasteiger charge is -2.09. The largest absolute Gasteiger partial charge is 0.300 e. The van der Waals surface area contributed by atoms with Gasteiger partial charge in [-0.05, 0) is 26.0 Å². The number of carbonyl (C=O) groups excluding carboxylic acids is 1. The van der Waals surface area contributed by atoms with Crippen molar-refractivity contribution in [3.8, 4) is 10.6 Å². The summed E-state index contributed by atoms with van der Waals surface area (Å²) >= 11 is 2.90. The molecule has 1 amide bonds. The van der Waals surface area contributed by atoms with E-state index in [0.29, 0.717) is 5.13 Å². The van der Waals surface area contributed by atoms with Crippen molar-refractivity contribution >= 4 is 34.1 Å². The van der Waals surface area contributed by atoms with E-state index in [2.05, 4.69) is 15.5 Å². The molecule has 0 radical (unpaired) electrons. The van der Waals surface area contributed by atoms with Crippen molar-refractivity contribution in [1.82, 2.24) is 10.2 Å². The van der Waals surface area contributed by atoms with Crippen LogP contribution < -0.4 is 5.32 Å². The number of rotatable bonds is 5. The average molecular weight is 355 g/mol. The number of amides is 1. The molecule has 4 nitrogen and oxygen atoms in total. The van der Waals surface area contributed by atoms with Gasteiger partial charge in [0.2, 0.25) is 11.0 Å². The van der Waals surface area contributed by atoms with Crippen LogP contribution >= 0.6 is 23.1 Å². The zero-order valence-electron chi connectivity index (χ0n) is 13.4. The normalized spacial score (nSPS) is 11.9. The van der Waals surface area contributed by atoms with Crippen LogP contribution in [0.5, 0.6) is 0 Å². The molecule has 24 heavy (non-hydrogen) atoms. The second kappa shape index (κ2) is 7.59. The first-order valence-electron chi connectivity index (χ1n) is 7.55. The zero-order chi connectivity index (χ0) is 16.9. The summed E-state index contributed by atoms with van der Waals surface area (Å²) in [5.74, 6) is -0.0736. The van der Waals surface area contributed by atoms with E-state index in [9.17, 15) is 4.79 Å². The maximum atomic E-state index is 12.3. The standard InChI is InChI=1S/C18H17N3OS2/c1-12-8-10-14(11-9-12)17-20-21-18(24-17)19-16(22)13(2)23-15-6-4-3-5-7-15/h3-11,13H,1-2H3,(H,19,21,22). The second-order valence-electron chi connectivity index (χ2n) is 5.34. The van der Waals surface area contributed by atoms with Crippen molar-refractivity contribution in [3.63, 3.8) is 0 Å². The fourth-order valence-corrected chi connectivity index (χ4v) is 3.69. The molecule has 0 aliphatic rings. The van der Waals surface area contributed by atoms with Crippen LogP contribution in [0.3, 0.4) is 0 Å². The number of thioether (sulfide) groups is 1. The van der Waals surface area contributed by atoms with Gasteiger partial charge in [0.05, 0.1) is 5.25 Å². The van der Waals surface area contributed by atoms with Crippen LogP contribution in [0.15, 0.2) is 59.5 Å². The molecular formula is C18H17N3OS2. The lowest BCUT2D eigenvalue weighted by Crippen LogP contribution is -2.22. The molecule has 0 aliphatic carbocycles. The molecular weight excluding hydrogens is 338 g/mol. The molecule has 3 aromatic rings. The van der Waals surface area contributed by atoms with Crippen LogP contribution in [-0.4, -0.2) is 21.4 Å². The highest BCUT2D eigenvalue weighted by molar-refractivity contribution is 8.00. The van der Waals surface area contributed by atoms with Crippen molar-refractivity contribution in [2.45, 2.75) is 24.0 Å². The Balaban J connectivity index is 1.63. The molecule has 1 unspecified atom stereocenters. The first-order chi connectivity index (χ1) is 11.6. The second-order valence-corrected chi connectivity index (χ2v) is 7.73. The van der Waals surface area contributed by atoms with Gasteiger partial charge in [0.15, 0.2) is 0 Å². The summed E-state index contributed by atoms with van der Waals surface area (Å²) in [5, 5.41) is 12.2. The molecule has 1 N–H and O–H groups in total. The van der Waals surface area contributed by atoms with Gasteiger partial charge in [-0.3, -0.25) is 10.1 Å². The van der Waals surface area contributed by atoms with Crippen LogP contribution in [0, 0.1) is 6.92 Å². The summed E-state index contributed by atoms with van der Waals surface area (Å²) in [6.07, 6.45) is 0. The summed E-state index contributed by atoms with van der Waals surface area (Å²) in [6, 6.07) is 18.0. The van der Waals surface area contributed by atoms with Gasteiger partial charge in [0, 0.05) is 10.5 Å². The van der Waals surface area contributed by atoms with Crippen molar-refractivity contribution in [2.24, 2.45) is 0 Å². The Bertz CT molecular complexity index is 816. The number of hydrogen-bond acceptors (Lipinski definition) is 5. The fourth-order valence-electron chi connectivity index (χ4n) is 2.05. The molecule has 122 valence electrons. The number of benzene rings is 2. The van der Waals surface area contributed by atoms with Gasteiger partial charge in [-0.1, -0.05) is 59.4 Å². The van der Waals surface area contributed by atoms with Crippen molar-refractivity contribution in [1.29, 1.82) is 0 Å². The molecule has 1 heterocycles. The molecule has 0 aliphatic heterocycles.